The van der Waals surface area contributed by atoms with Crippen molar-refractivity contribution in [1.82, 2.24) is 0 Å². The Bertz CT molecular complexity index is 97.0. The number of rotatable bonds is 6. The van der Waals surface area contributed by atoms with Crippen molar-refractivity contribution in [3.8, 4) is 0 Å². The van der Waals surface area contributed by atoms with Gasteiger partial charge in [0.15, 0.2) is 0 Å². The fourth-order valence-electron chi connectivity index (χ4n) is 0.729. The van der Waals surface area contributed by atoms with Gasteiger partial charge in [-0.3, -0.25) is 0 Å². The third-order valence-electron chi connectivity index (χ3n) is 1.41. The Labute approximate surface area is 90.8 Å². The summed E-state index contributed by atoms with van der Waals surface area (Å²) in [6.07, 6.45) is 4.01. The summed E-state index contributed by atoms with van der Waals surface area (Å²) in [6.45, 7) is 4.58. The minimum atomic E-state index is -1.83. The first-order chi connectivity index (χ1) is 6.15. The van der Waals surface area contributed by atoms with E-state index in [0.717, 1.165) is 0 Å². The smallest absolute Gasteiger partial charge is 0.450 e. The molecule has 4 heteroatoms. The van der Waals surface area contributed by atoms with Crippen LogP contribution >= 0.6 is 0 Å². The van der Waals surface area contributed by atoms with E-state index >= 15 is 0 Å². The van der Waals surface area contributed by atoms with Gasteiger partial charge in [0.05, 0.1) is 0 Å². The molecule has 0 saturated carbocycles. The average molecular weight is 295 g/mol. The second-order valence-electron chi connectivity index (χ2n) is 2.74. The zero-order valence-corrected chi connectivity index (χ0v) is 11.4. The van der Waals surface area contributed by atoms with Gasteiger partial charge in [-0.15, -0.1) is 0 Å². The van der Waals surface area contributed by atoms with E-state index in [4.69, 9.17) is 15.0 Å². The second kappa shape index (κ2) is 14.6. The molecule has 13 heavy (non-hydrogen) atoms. The Kier molecular flexibility index (Phi) is 17.4. The fourth-order valence-corrected chi connectivity index (χ4v) is 4.89. The van der Waals surface area contributed by atoms with Gasteiger partial charge in [0.2, 0.25) is 0 Å². The van der Waals surface area contributed by atoms with Crippen LogP contribution in [0.4, 0.5) is 4.79 Å². The molecule has 78 valence electrons. The van der Waals surface area contributed by atoms with Gasteiger partial charge in [-0.1, -0.05) is 0 Å². The van der Waals surface area contributed by atoms with Crippen molar-refractivity contribution in [3.63, 3.8) is 0 Å². The van der Waals surface area contributed by atoms with E-state index in [2.05, 4.69) is 13.8 Å². The molecule has 0 heterocycles. The second-order valence-corrected chi connectivity index (χ2v) is 7.02. The van der Waals surface area contributed by atoms with Crippen LogP contribution in [0.1, 0.15) is 39.5 Å². The molecule has 0 aromatic rings. The van der Waals surface area contributed by atoms with Crippen LogP contribution in [-0.2, 0) is 0 Å². The van der Waals surface area contributed by atoms with E-state index < -0.39 is 6.16 Å². The average Bonchev–Trinajstić information content (AvgIpc) is 2.03. The topological polar surface area (TPSA) is 57.5 Å². The van der Waals surface area contributed by atoms with Crippen LogP contribution in [0.5, 0.6) is 0 Å². The van der Waals surface area contributed by atoms with Gasteiger partial charge in [-0.05, 0) is 0 Å². The molecule has 0 unspecified atom stereocenters. The van der Waals surface area contributed by atoms with E-state index in [0.29, 0.717) is 0 Å². The van der Waals surface area contributed by atoms with Crippen molar-refractivity contribution in [1.29, 1.82) is 0 Å². The van der Waals surface area contributed by atoms with E-state index in [1.165, 1.54) is 25.7 Å². The van der Waals surface area contributed by atoms with Crippen molar-refractivity contribution in [3.05, 3.63) is 0 Å². The van der Waals surface area contributed by atoms with E-state index in [1.54, 1.807) is 8.87 Å². The summed E-state index contributed by atoms with van der Waals surface area (Å²) in [4.78, 5) is 8.56. The minimum Gasteiger partial charge on any atom is -0.450 e. The summed E-state index contributed by atoms with van der Waals surface area (Å²) in [5.41, 5.74) is 0. The SMILES string of the molecule is CCC[CH2][Sn][CH2]CCC.O=C(O)O. The van der Waals surface area contributed by atoms with Crippen molar-refractivity contribution in [2.24, 2.45) is 0 Å². The number of hydrogen-bond acceptors (Lipinski definition) is 1. The molecule has 0 bridgehead atoms. The molecule has 0 aliphatic rings. The predicted molar refractivity (Wildman–Crippen MR) is 55.8 cm³/mol. The first-order valence-electron chi connectivity index (χ1n) is 4.77. The van der Waals surface area contributed by atoms with Crippen molar-refractivity contribution < 1.29 is 15.0 Å². The van der Waals surface area contributed by atoms with Crippen molar-refractivity contribution in [2.45, 2.75) is 48.4 Å². The summed E-state index contributed by atoms with van der Waals surface area (Å²) in [6, 6.07) is 0. The Morgan fingerprint density at radius 1 is 1.08 bits per heavy atom. The normalized spacial score (nSPS) is 8.77. The van der Waals surface area contributed by atoms with Gasteiger partial charge in [0.25, 0.3) is 0 Å². The molecule has 3 nitrogen and oxygen atoms in total. The molecule has 2 N–H and O–H groups in total. The molecule has 0 rings (SSSR count). The first-order valence-corrected chi connectivity index (χ1v) is 8.81. The summed E-state index contributed by atoms with van der Waals surface area (Å²) in [5, 5.41) is 13.9. The number of carbonyl (C=O) groups is 1. The molecule has 0 spiro atoms. The Hall–Kier alpha value is 0.0687. The van der Waals surface area contributed by atoms with Crippen molar-refractivity contribution >= 4 is 27.3 Å². The standard InChI is InChI=1S/2C4H9.CH2O3.Sn/c2*1-3-4-2;2-1(3)4;/h2*1,3-4H2,2H3;(H2,2,3,4);. The quantitative estimate of drug-likeness (QED) is 0.583. The van der Waals surface area contributed by atoms with Gasteiger partial charge < -0.3 is 10.2 Å². The van der Waals surface area contributed by atoms with Crippen LogP contribution in [0, 0.1) is 0 Å². The predicted octanol–water partition coefficient (Wildman–Crippen LogP) is 3.35. The van der Waals surface area contributed by atoms with Crippen LogP contribution in [0.3, 0.4) is 0 Å². The maximum atomic E-state index is 8.56. The zero-order valence-electron chi connectivity index (χ0n) is 8.55. The number of unbranched alkanes of at least 4 members (excludes halogenated alkanes) is 2. The zero-order chi connectivity index (χ0) is 10.5. The van der Waals surface area contributed by atoms with E-state index in [-0.39, 0.29) is 21.1 Å². The monoisotopic (exact) mass is 296 g/mol. The summed E-state index contributed by atoms with van der Waals surface area (Å²) >= 11 is 0.149. The van der Waals surface area contributed by atoms with Gasteiger partial charge in [-0.25, -0.2) is 4.79 Å². The molecule has 0 aliphatic heterocycles. The molecule has 0 aliphatic carbocycles. The van der Waals surface area contributed by atoms with Gasteiger partial charge in [0.1, 0.15) is 0 Å². The van der Waals surface area contributed by atoms with Crippen molar-refractivity contribution in [2.75, 3.05) is 0 Å². The van der Waals surface area contributed by atoms with E-state index in [1.807, 2.05) is 0 Å². The van der Waals surface area contributed by atoms with Gasteiger partial charge in [0, 0.05) is 0 Å². The third-order valence-corrected chi connectivity index (χ3v) is 5.45. The Morgan fingerprint density at radius 2 is 1.38 bits per heavy atom. The molecule has 0 aromatic heterocycles. The largest absolute Gasteiger partial charge is 0.503 e. The molecule has 2 radical (unpaired) electrons. The molecule has 0 aromatic carbocycles. The molecule has 0 atom stereocenters. The summed E-state index contributed by atoms with van der Waals surface area (Å²) < 4.78 is 3.25. The van der Waals surface area contributed by atoms with Crippen LogP contribution < -0.4 is 0 Å². The Balaban J connectivity index is 0. The summed E-state index contributed by atoms with van der Waals surface area (Å²) in [5.74, 6) is 0. The maximum Gasteiger partial charge on any atom is 0.503 e. The van der Waals surface area contributed by atoms with Crippen LogP contribution in [0.25, 0.3) is 0 Å². The van der Waals surface area contributed by atoms with Crippen LogP contribution in [-0.4, -0.2) is 37.5 Å². The Morgan fingerprint density at radius 3 is 1.62 bits per heavy atom. The molecule has 0 fully saturated rings. The third kappa shape index (κ3) is 33.2. The first kappa shape index (κ1) is 15.5. The van der Waals surface area contributed by atoms with E-state index in [9.17, 15) is 0 Å². The number of hydrogen-bond donors (Lipinski definition) is 2. The molecule has 0 saturated heterocycles. The minimum absolute atomic E-state index is 0.149. The maximum absolute atomic E-state index is 8.56. The summed E-state index contributed by atoms with van der Waals surface area (Å²) in [7, 11) is 0. The van der Waals surface area contributed by atoms with Crippen LogP contribution in [0.2, 0.25) is 8.87 Å². The van der Waals surface area contributed by atoms with Gasteiger partial charge >= 0.3 is 75.7 Å². The van der Waals surface area contributed by atoms with Crippen LogP contribution in [0.15, 0.2) is 0 Å². The fraction of sp³-hybridized carbons (Fsp3) is 0.889. The number of carboxylic acid groups (broad SMARTS) is 2. The molecular weight excluding hydrogens is 275 g/mol. The molecular formula is C9H20O3Sn. The van der Waals surface area contributed by atoms with Gasteiger partial charge in [-0.2, -0.15) is 0 Å². The molecule has 0 amide bonds.